The quantitative estimate of drug-likeness (QED) is 0.687. The zero-order valence-corrected chi connectivity index (χ0v) is 17.5. The average Bonchev–Trinajstić information content (AvgIpc) is 2.60. The molecule has 29 heavy (non-hydrogen) atoms. The summed E-state index contributed by atoms with van der Waals surface area (Å²) in [5, 5.41) is 2.49. The van der Waals surface area contributed by atoms with E-state index in [1.807, 2.05) is 0 Å². The fourth-order valence-corrected chi connectivity index (χ4v) is 4.34. The van der Waals surface area contributed by atoms with E-state index in [1.54, 1.807) is 26.0 Å². The number of carbonyl (C=O) groups is 1. The predicted molar refractivity (Wildman–Crippen MR) is 108 cm³/mol. The Morgan fingerprint density at radius 2 is 1.83 bits per heavy atom. The van der Waals surface area contributed by atoms with Gasteiger partial charge in [-0.3, -0.25) is 9.10 Å². The van der Waals surface area contributed by atoms with Crippen molar-refractivity contribution >= 4 is 38.9 Å². The molecular weight excluding hydrogens is 429 g/mol. The Hall–Kier alpha value is -2.26. The number of benzene rings is 2. The van der Waals surface area contributed by atoms with Crippen LogP contribution in [0.3, 0.4) is 0 Å². The van der Waals surface area contributed by atoms with Gasteiger partial charge >= 0.3 is 6.18 Å². The third kappa shape index (κ3) is 5.42. The standard InChI is InChI=1S/C19H20ClF3N2O3S/c1-4-16(18(26)24-15-8-6-5-7-14(15)19(21,22)23)25(29(3,27)28)17-11-13(20)10-9-12(17)2/h5-11,16H,4H2,1-3H3,(H,24,26). The molecule has 158 valence electrons. The van der Waals surface area contributed by atoms with E-state index in [1.165, 1.54) is 18.2 Å². The van der Waals surface area contributed by atoms with Crippen molar-refractivity contribution in [2.45, 2.75) is 32.5 Å². The van der Waals surface area contributed by atoms with E-state index < -0.39 is 39.4 Å². The third-order valence-electron chi connectivity index (χ3n) is 4.23. The van der Waals surface area contributed by atoms with E-state index in [9.17, 15) is 26.4 Å². The Morgan fingerprint density at radius 3 is 2.38 bits per heavy atom. The van der Waals surface area contributed by atoms with Crippen LogP contribution in [-0.4, -0.2) is 26.6 Å². The molecule has 0 bridgehead atoms. The lowest BCUT2D eigenvalue weighted by Gasteiger charge is -2.31. The van der Waals surface area contributed by atoms with Crippen LogP contribution in [0.2, 0.25) is 5.02 Å². The van der Waals surface area contributed by atoms with E-state index in [4.69, 9.17) is 11.6 Å². The summed E-state index contributed by atoms with van der Waals surface area (Å²) in [5.74, 6) is -0.881. The van der Waals surface area contributed by atoms with Crippen molar-refractivity contribution in [3.63, 3.8) is 0 Å². The topological polar surface area (TPSA) is 66.5 Å². The van der Waals surface area contributed by atoms with Crippen molar-refractivity contribution in [1.29, 1.82) is 0 Å². The Kier molecular flexibility index (Phi) is 6.85. The minimum atomic E-state index is -4.67. The van der Waals surface area contributed by atoms with Crippen LogP contribution in [0.25, 0.3) is 0 Å². The summed E-state index contributed by atoms with van der Waals surface area (Å²) in [6.07, 6.45) is -3.72. The monoisotopic (exact) mass is 448 g/mol. The maximum Gasteiger partial charge on any atom is 0.418 e. The van der Waals surface area contributed by atoms with Crippen LogP contribution < -0.4 is 9.62 Å². The lowest BCUT2D eigenvalue weighted by atomic mass is 10.1. The number of hydrogen-bond donors (Lipinski definition) is 1. The molecule has 0 fully saturated rings. The highest BCUT2D eigenvalue weighted by atomic mass is 35.5. The van der Waals surface area contributed by atoms with Crippen molar-refractivity contribution < 1.29 is 26.4 Å². The molecule has 0 aliphatic heterocycles. The number of rotatable bonds is 6. The average molecular weight is 449 g/mol. The van der Waals surface area contributed by atoms with Gasteiger partial charge in [-0.15, -0.1) is 0 Å². The summed E-state index contributed by atoms with van der Waals surface area (Å²) in [6.45, 7) is 3.21. The van der Waals surface area contributed by atoms with Gasteiger partial charge < -0.3 is 5.32 Å². The van der Waals surface area contributed by atoms with Gasteiger partial charge in [0.2, 0.25) is 15.9 Å². The van der Waals surface area contributed by atoms with Crippen LogP contribution in [0.15, 0.2) is 42.5 Å². The molecule has 2 rings (SSSR count). The van der Waals surface area contributed by atoms with Gasteiger partial charge in [0.1, 0.15) is 6.04 Å². The molecule has 1 amide bonds. The number of hydrogen-bond acceptors (Lipinski definition) is 3. The number of aryl methyl sites for hydroxylation is 1. The molecule has 2 aromatic rings. The second kappa shape index (κ2) is 8.62. The lowest BCUT2D eigenvalue weighted by molar-refractivity contribution is -0.137. The molecule has 0 spiro atoms. The summed E-state index contributed by atoms with van der Waals surface area (Å²) in [5.41, 5.74) is -0.736. The predicted octanol–water partition coefficient (Wildman–Crippen LogP) is 4.85. The first-order valence-electron chi connectivity index (χ1n) is 8.59. The first-order chi connectivity index (χ1) is 13.4. The van der Waals surface area contributed by atoms with Crippen LogP contribution in [0.1, 0.15) is 24.5 Å². The van der Waals surface area contributed by atoms with Gasteiger partial charge in [0.15, 0.2) is 0 Å². The Labute approximate surface area is 172 Å². The van der Waals surface area contributed by atoms with Crippen LogP contribution in [0, 0.1) is 6.92 Å². The van der Waals surface area contributed by atoms with Gasteiger partial charge in [-0.05, 0) is 43.2 Å². The number of nitrogens with one attached hydrogen (secondary N) is 1. The Balaban J connectivity index is 2.50. The van der Waals surface area contributed by atoms with E-state index in [2.05, 4.69) is 5.32 Å². The minimum absolute atomic E-state index is 0.0268. The second-order valence-corrected chi connectivity index (χ2v) is 8.74. The van der Waals surface area contributed by atoms with Gasteiger partial charge in [-0.25, -0.2) is 8.42 Å². The first kappa shape index (κ1) is 23.0. The van der Waals surface area contributed by atoms with Gasteiger partial charge in [0.05, 0.1) is 23.2 Å². The number of sulfonamides is 1. The number of para-hydroxylation sites is 1. The number of alkyl halides is 3. The molecule has 0 saturated carbocycles. The highest BCUT2D eigenvalue weighted by Crippen LogP contribution is 2.35. The summed E-state index contributed by atoms with van der Waals surface area (Å²) in [4.78, 5) is 12.9. The third-order valence-corrected chi connectivity index (χ3v) is 5.63. The smallest absolute Gasteiger partial charge is 0.324 e. The SMILES string of the molecule is CCC(C(=O)Nc1ccccc1C(F)(F)F)N(c1cc(Cl)ccc1C)S(C)(=O)=O. The number of nitrogens with zero attached hydrogens (tertiary/aromatic N) is 1. The van der Waals surface area contributed by atoms with Crippen molar-refractivity contribution in [2.24, 2.45) is 0 Å². The zero-order chi connectivity index (χ0) is 22.0. The molecule has 0 aromatic heterocycles. The van der Waals surface area contributed by atoms with Gasteiger partial charge in [-0.1, -0.05) is 36.7 Å². The van der Waals surface area contributed by atoms with E-state index in [0.717, 1.165) is 22.7 Å². The van der Waals surface area contributed by atoms with Crippen molar-refractivity contribution in [3.05, 3.63) is 58.6 Å². The lowest BCUT2D eigenvalue weighted by Crippen LogP contribution is -2.47. The molecule has 1 N–H and O–H groups in total. The van der Waals surface area contributed by atoms with Crippen LogP contribution in [-0.2, 0) is 21.0 Å². The highest BCUT2D eigenvalue weighted by Gasteiger charge is 2.36. The molecule has 1 unspecified atom stereocenters. The maximum absolute atomic E-state index is 13.2. The fraction of sp³-hybridized carbons (Fsp3) is 0.316. The van der Waals surface area contributed by atoms with Gasteiger partial charge in [-0.2, -0.15) is 13.2 Å². The summed E-state index contributed by atoms with van der Waals surface area (Å²) >= 11 is 5.99. The van der Waals surface area contributed by atoms with Crippen molar-refractivity contribution in [1.82, 2.24) is 0 Å². The molecule has 0 radical (unpaired) electrons. The number of carbonyl (C=O) groups excluding carboxylic acids is 1. The maximum atomic E-state index is 13.2. The van der Waals surface area contributed by atoms with Crippen LogP contribution in [0.5, 0.6) is 0 Å². The molecule has 1 atom stereocenters. The molecule has 10 heteroatoms. The van der Waals surface area contributed by atoms with E-state index in [0.29, 0.717) is 5.56 Å². The number of halogens is 4. The molecule has 0 heterocycles. The van der Waals surface area contributed by atoms with Crippen molar-refractivity contribution in [3.8, 4) is 0 Å². The Morgan fingerprint density at radius 1 is 1.21 bits per heavy atom. The molecular formula is C19H20ClF3N2O3S. The normalized spacial score (nSPS) is 13.1. The van der Waals surface area contributed by atoms with Crippen LogP contribution in [0.4, 0.5) is 24.5 Å². The summed E-state index contributed by atoms with van der Waals surface area (Å²) in [7, 11) is -3.95. The first-order valence-corrected chi connectivity index (χ1v) is 10.8. The van der Waals surface area contributed by atoms with Crippen LogP contribution >= 0.6 is 11.6 Å². The molecule has 0 aliphatic rings. The number of anilines is 2. The van der Waals surface area contributed by atoms with E-state index >= 15 is 0 Å². The molecule has 0 aliphatic carbocycles. The molecule has 5 nitrogen and oxygen atoms in total. The number of amides is 1. The molecule has 2 aromatic carbocycles. The van der Waals surface area contributed by atoms with E-state index in [-0.39, 0.29) is 17.1 Å². The summed E-state index contributed by atoms with van der Waals surface area (Å²) < 4.78 is 65.6. The van der Waals surface area contributed by atoms with Crippen molar-refractivity contribution in [2.75, 3.05) is 15.9 Å². The van der Waals surface area contributed by atoms with Gasteiger partial charge in [0, 0.05) is 5.02 Å². The van der Waals surface area contributed by atoms with Gasteiger partial charge in [0.25, 0.3) is 0 Å². The second-order valence-electron chi connectivity index (χ2n) is 6.45. The molecule has 0 saturated heterocycles. The largest absolute Gasteiger partial charge is 0.418 e. The minimum Gasteiger partial charge on any atom is -0.324 e. The summed E-state index contributed by atoms with van der Waals surface area (Å²) in [6, 6.07) is 7.80. The zero-order valence-electron chi connectivity index (χ0n) is 15.9. The highest BCUT2D eigenvalue weighted by molar-refractivity contribution is 7.92. The Bertz CT molecular complexity index is 1010. The fourth-order valence-electron chi connectivity index (χ4n) is 2.91.